The highest BCUT2D eigenvalue weighted by Crippen LogP contribution is 2.39. The molecule has 0 aromatic rings. The molecule has 0 heterocycles. The molecule has 1 rings (SSSR count). The van der Waals surface area contributed by atoms with Gasteiger partial charge in [-0.2, -0.15) is 0 Å². The Labute approximate surface area is 118 Å². The third-order valence-corrected chi connectivity index (χ3v) is 3.91. The number of hydrogen-bond donors (Lipinski definition) is 0. The van der Waals surface area contributed by atoms with Crippen LogP contribution in [-0.2, 0) is 9.53 Å². The molecule has 0 aromatic carbocycles. The Hall–Kier alpha value is -0.830. The molecule has 1 aliphatic rings. The van der Waals surface area contributed by atoms with Gasteiger partial charge in [-0.25, -0.2) is 4.79 Å². The molecule has 0 spiro atoms. The molecule has 1 fully saturated rings. The van der Waals surface area contributed by atoms with Gasteiger partial charge >= 0.3 is 5.97 Å². The average molecular weight is 267 g/mol. The van der Waals surface area contributed by atoms with Crippen molar-refractivity contribution in [2.45, 2.75) is 71.4 Å². The number of carbonyl (C=O) groups is 1. The highest BCUT2D eigenvalue weighted by Gasteiger charge is 2.45. The summed E-state index contributed by atoms with van der Waals surface area (Å²) < 4.78 is 5.78. The molecule has 0 saturated heterocycles. The first-order valence-corrected chi connectivity index (χ1v) is 7.69. The standard InChI is InChI=1S/C16H29NO2/c1-5-7-12-17(13-8-6-2)16(10-9-11-16)19-15(18)14(3)4/h3,5-13H2,1-2,4H3. The molecule has 0 bridgehead atoms. The third kappa shape index (κ3) is 4.34. The molecular weight excluding hydrogens is 238 g/mol. The first-order valence-electron chi connectivity index (χ1n) is 7.69. The Bertz CT molecular complexity index is 300. The Morgan fingerprint density at radius 2 is 1.74 bits per heavy atom. The van der Waals surface area contributed by atoms with E-state index in [1.165, 1.54) is 12.8 Å². The Morgan fingerprint density at radius 1 is 1.21 bits per heavy atom. The maximum Gasteiger partial charge on any atom is 0.334 e. The lowest BCUT2D eigenvalue weighted by atomic mass is 9.85. The van der Waals surface area contributed by atoms with Gasteiger partial charge in [0.2, 0.25) is 0 Å². The number of hydrogen-bond acceptors (Lipinski definition) is 3. The fourth-order valence-corrected chi connectivity index (χ4v) is 2.44. The van der Waals surface area contributed by atoms with Crippen molar-refractivity contribution >= 4 is 5.97 Å². The first-order chi connectivity index (χ1) is 9.05. The van der Waals surface area contributed by atoms with Crippen LogP contribution in [0.5, 0.6) is 0 Å². The van der Waals surface area contributed by atoms with Gasteiger partial charge < -0.3 is 4.74 Å². The van der Waals surface area contributed by atoms with Crippen molar-refractivity contribution in [3.63, 3.8) is 0 Å². The molecule has 110 valence electrons. The van der Waals surface area contributed by atoms with Gasteiger partial charge in [0, 0.05) is 31.5 Å². The van der Waals surface area contributed by atoms with Crippen molar-refractivity contribution in [2.24, 2.45) is 0 Å². The van der Waals surface area contributed by atoms with Crippen molar-refractivity contribution in [2.75, 3.05) is 13.1 Å². The predicted octanol–water partition coefficient (Wildman–Crippen LogP) is 3.89. The van der Waals surface area contributed by atoms with E-state index < -0.39 is 0 Å². The minimum absolute atomic E-state index is 0.238. The van der Waals surface area contributed by atoms with E-state index in [1.54, 1.807) is 6.92 Å². The summed E-state index contributed by atoms with van der Waals surface area (Å²) in [6, 6.07) is 0. The first kappa shape index (κ1) is 16.2. The van der Waals surface area contributed by atoms with Gasteiger partial charge in [-0.3, -0.25) is 4.90 Å². The lowest BCUT2D eigenvalue weighted by Crippen LogP contribution is -2.57. The van der Waals surface area contributed by atoms with Gasteiger partial charge in [0.1, 0.15) is 0 Å². The molecule has 0 atom stereocenters. The maximum absolute atomic E-state index is 11.9. The van der Waals surface area contributed by atoms with Crippen LogP contribution in [0.1, 0.15) is 65.7 Å². The molecule has 3 heteroatoms. The van der Waals surface area contributed by atoms with Crippen molar-refractivity contribution in [1.82, 2.24) is 4.90 Å². The van der Waals surface area contributed by atoms with E-state index in [2.05, 4.69) is 25.3 Å². The molecule has 1 saturated carbocycles. The average Bonchev–Trinajstić information content (AvgIpc) is 2.34. The van der Waals surface area contributed by atoms with Crippen LogP contribution >= 0.6 is 0 Å². The van der Waals surface area contributed by atoms with Crippen LogP contribution in [0.3, 0.4) is 0 Å². The second kappa shape index (κ2) is 7.68. The molecule has 3 nitrogen and oxygen atoms in total. The van der Waals surface area contributed by atoms with Crippen LogP contribution in [-0.4, -0.2) is 29.7 Å². The zero-order chi connectivity index (χ0) is 14.3. The van der Waals surface area contributed by atoms with Crippen LogP contribution in [0.4, 0.5) is 0 Å². The van der Waals surface area contributed by atoms with Crippen molar-refractivity contribution < 1.29 is 9.53 Å². The van der Waals surface area contributed by atoms with Gasteiger partial charge in [0.15, 0.2) is 5.72 Å². The van der Waals surface area contributed by atoms with Crippen LogP contribution < -0.4 is 0 Å². The normalized spacial score (nSPS) is 17.1. The maximum atomic E-state index is 11.9. The van der Waals surface area contributed by atoms with Gasteiger partial charge in [0.25, 0.3) is 0 Å². The monoisotopic (exact) mass is 267 g/mol. The van der Waals surface area contributed by atoms with Gasteiger partial charge in [-0.05, 0) is 26.2 Å². The lowest BCUT2D eigenvalue weighted by Gasteiger charge is -2.49. The molecule has 1 aliphatic carbocycles. The largest absolute Gasteiger partial charge is 0.440 e. The topological polar surface area (TPSA) is 29.5 Å². The summed E-state index contributed by atoms with van der Waals surface area (Å²) in [5.74, 6) is -0.238. The summed E-state index contributed by atoms with van der Waals surface area (Å²) in [6.45, 7) is 11.9. The van der Waals surface area contributed by atoms with E-state index >= 15 is 0 Å². The van der Waals surface area contributed by atoms with Crippen molar-refractivity contribution in [1.29, 1.82) is 0 Å². The number of rotatable bonds is 9. The molecule has 19 heavy (non-hydrogen) atoms. The fraction of sp³-hybridized carbons (Fsp3) is 0.812. The van der Waals surface area contributed by atoms with E-state index in [0.717, 1.165) is 45.2 Å². The Balaban J connectivity index is 2.69. The SMILES string of the molecule is C=C(C)C(=O)OC1(N(CCCC)CCCC)CCC1. The smallest absolute Gasteiger partial charge is 0.334 e. The number of nitrogens with zero attached hydrogens (tertiary/aromatic N) is 1. The molecule has 0 unspecified atom stereocenters. The van der Waals surface area contributed by atoms with Crippen LogP contribution in [0.25, 0.3) is 0 Å². The predicted molar refractivity (Wildman–Crippen MR) is 78.9 cm³/mol. The van der Waals surface area contributed by atoms with E-state index in [-0.39, 0.29) is 11.7 Å². The number of esters is 1. The summed E-state index contributed by atoms with van der Waals surface area (Å²) in [4.78, 5) is 14.2. The lowest BCUT2D eigenvalue weighted by molar-refractivity contribution is -0.205. The minimum atomic E-state index is -0.333. The Morgan fingerprint density at radius 3 is 2.05 bits per heavy atom. The molecule has 0 amide bonds. The third-order valence-electron chi connectivity index (χ3n) is 3.91. The summed E-state index contributed by atoms with van der Waals surface area (Å²) in [7, 11) is 0. The summed E-state index contributed by atoms with van der Waals surface area (Å²) in [5.41, 5.74) is 0.164. The minimum Gasteiger partial charge on any atom is -0.440 e. The number of ether oxygens (including phenoxy) is 1. The van der Waals surface area contributed by atoms with E-state index in [9.17, 15) is 4.79 Å². The van der Waals surface area contributed by atoms with Crippen LogP contribution in [0.2, 0.25) is 0 Å². The summed E-state index contributed by atoms with van der Waals surface area (Å²) in [6.07, 6.45) is 7.77. The summed E-state index contributed by atoms with van der Waals surface area (Å²) in [5, 5.41) is 0. The molecule has 0 aliphatic heterocycles. The van der Waals surface area contributed by atoms with Crippen LogP contribution in [0, 0.1) is 0 Å². The Kier molecular flexibility index (Phi) is 6.56. The highest BCUT2D eigenvalue weighted by atomic mass is 16.6. The van der Waals surface area contributed by atoms with Gasteiger partial charge in [0.05, 0.1) is 0 Å². The van der Waals surface area contributed by atoms with Crippen LogP contribution in [0.15, 0.2) is 12.2 Å². The zero-order valence-corrected chi connectivity index (χ0v) is 12.8. The van der Waals surface area contributed by atoms with Crippen molar-refractivity contribution in [3.8, 4) is 0 Å². The quantitative estimate of drug-likeness (QED) is 0.360. The number of carbonyl (C=O) groups excluding carboxylic acids is 1. The zero-order valence-electron chi connectivity index (χ0n) is 12.8. The summed E-state index contributed by atoms with van der Waals surface area (Å²) >= 11 is 0. The van der Waals surface area contributed by atoms with Gasteiger partial charge in [-0.15, -0.1) is 0 Å². The fourth-order valence-electron chi connectivity index (χ4n) is 2.44. The highest BCUT2D eigenvalue weighted by molar-refractivity contribution is 5.87. The molecule has 0 radical (unpaired) electrons. The van der Waals surface area contributed by atoms with E-state index in [0.29, 0.717) is 5.57 Å². The molecule has 0 aromatic heterocycles. The number of unbranched alkanes of at least 4 members (excludes halogenated alkanes) is 2. The molecular formula is C16H29NO2. The molecule has 0 N–H and O–H groups in total. The second-order valence-electron chi connectivity index (χ2n) is 5.66. The van der Waals surface area contributed by atoms with E-state index in [1.807, 2.05) is 0 Å². The van der Waals surface area contributed by atoms with Gasteiger partial charge in [-0.1, -0.05) is 33.3 Å². The van der Waals surface area contributed by atoms with E-state index in [4.69, 9.17) is 4.74 Å². The second-order valence-corrected chi connectivity index (χ2v) is 5.66. The van der Waals surface area contributed by atoms with Crippen molar-refractivity contribution in [3.05, 3.63) is 12.2 Å².